The van der Waals surface area contributed by atoms with E-state index in [0.29, 0.717) is 12.4 Å². The predicted octanol–water partition coefficient (Wildman–Crippen LogP) is 3.84. The van der Waals surface area contributed by atoms with E-state index in [1.54, 1.807) is 0 Å². The largest absolute Gasteiger partial charge is 0.383 e. The minimum atomic E-state index is 0.551. The third-order valence-corrected chi connectivity index (χ3v) is 6.04. The van der Waals surface area contributed by atoms with E-state index in [-0.39, 0.29) is 0 Å². The summed E-state index contributed by atoms with van der Waals surface area (Å²) >= 11 is 3.61. The van der Waals surface area contributed by atoms with E-state index in [4.69, 9.17) is 10.7 Å². The van der Waals surface area contributed by atoms with Crippen molar-refractivity contribution in [1.29, 1.82) is 0 Å². The average Bonchev–Trinajstić information content (AvgIpc) is 2.74. The molecule has 5 rings (SSSR count). The summed E-state index contributed by atoms with van der Waals surface area (Å²) in [6, 6.07) is 18.3. The van der Waals surface area contributed by atoms with Crippen molar-refractivity contribution in [2.24, 2.45) is 0 Å². The molecule has 0 spiro atoms. The van der Waals surface area contributed by atoms with Crippen LogP contribution in [0.25, 0.3) is 21.8 Å². The van der Waals surface area contributed by atoms with Crippen LogP contribution in [0, 0.1) is 0 Å². The maximum atomic E-state index is 6.13. The van der Waals surface area contributed by atoms with Gasteiger partial charge in [-0.05, 0) is 46.3 Å². The molecule has 7 heteroatoms. The molecule has 4 aromatic rings. The highest BCUT2D eigenvalue weighted by Gasteiger charge is 2.20. The first kappa shape index (κ1) is 18.3. The number of benzene rings is 2. The van der Waals surface area contributed by atoms with Gasteiger partial charge in [0.2, 0.25) is 0 Å². The Morgan fingerprint density at radius 1 is 0.862 bits per heavy atom. The van der Waals surface area contributed by atoms with Crippen molar-refractivity contribution in [2.45, 2.75) is 6.54 Å². The average molecular weight is 449 g/mol. The molecule has 3 heterocycles. The van der Waals surface area contributed by atoms with Crippen molar-refractivity contribution in [3.63, 3.8) is 0 Å². The quantitative estimate of drug-likeness (QED) is 0.513. The molecule has 0 unspecified atom stereocenters. The van der Waals surface area contributed by atoms with E-state index >= 15 is 0 Å². The third kappa shape index (κ3) is 3.63. The van der Waals surface area contributed by atoms with Crippen molar-refractivity contribution in [1.82, 2.24) is 19.9 Å². The Bertz CT molecular complexity index is 1190. The minimum absolute atomic E-state index is 0.551. The van der Waals surface area contributed by atoms with Gasteiger partial charge in [-0.15, -0.1) is 0 Å². The fourth-order valence-electron chi connectivity index (χ4n) is 3.83. The number of rotatable bonds is 3. The van der Waals surface area contributed by atoms with E-state index in [1.165, 1.54) is 0 Å². The Morgan fingerprint density at radius 3 is 2.55 bits per heavy atom. The molecular weight excluding hydrogens is 428 g/mol. The van der Waals surface area contributed by atoms with E-state index in [1.807, 2.05) is 36.4 Å². The number of halogens is 1. The molecule has 6 nitrogen and oxygen atoms in total. The molecule has 1 fully saturated rings. The number of pyridine rings is 1. The number of nitrogens with two attached hydrogens (primary N) is 1. The number of nitrogens with zero attached hydrogens (tertiary/aromatic N) is 5. The normalized spacial score (nSPS) is 15.3. The van der Waals surface area contributed by atoms with Crippen LogP contribution >= 0.6 is 15.9 Å². The standard InChI is InChI=1S/C22H21BrN6/c23-17-6-3-4-15-8-9-20(27-21(15)17)29-12-10-28(11-13-29)14-19-25-18-7-2-1-5-16(18)22(24)26-19/h1-9H,10-14H2,(H2,24,25,26). The lowest BCUT2D eigenvalue weighted by atomic mass is 10.2. The smallest absolute Gasteiger partial charge is 0.145 e. The zero-order chi connectivity index (χ0) is 19.8. The van der Waals surface area contributed by atoms with Crippen LogP contribution < -0.4 is 10.6 Å². The lowest BCUT2D eigenvalue weighted by Crippen LogP contribution is -2.46. The lowest BCUT2D eigenvalue weighted by Gasteiger charge is -2.35. The van der Waals surface area contributed by atoms with Gasteiger partial charge < -0.3 is 10.6 Å². The first-order chi connectivity index (χ1) is 14.2. The van der Waals surface area contributed by atoms with Gasteiger partial charge in [0.25, 0.3) is 0 Å². The molecule has 0 radical (unpaired) electrons. The Hall–Kier alpha value is -2.77. The maximum Gasteiger partial charge on any atom is 0.145 e. The molecule has 29 heavy (non-hydrogen) atoms. The van der Waals surface area contributed by atoms with Gasteiger partial charge in [-0.2, -0.15) is 0 Å². The van der Waals surface area contributed by atoms with E-state index in [2.05, 4.69) is 53.9 Å². The zero-order valence-corrected chi connectivity index (χ0v) is 17.5. The Morgan fingerprint density at radius 2 is 1.69 bits per heavy atom. The molecule has 0 amide bonds. The molecule has 0 saturated carbocycles. The Balaban J connectivity index is 1.29. The third-order valence-electron chi connectivity index (χ3n) is 5.40. The molecule has 2 aromatic carbocycles. The van der Waals surface area contributed by atoms with Crippen molar-refractivity contribution in [2.75, 3.05) is 36.8 Å². The molecule has 2 aromatic heterocycles. The van der Waals surface area contributed by atoms with Gasteiger partial charge in [0.05, 0.1) is 17.6 Å². The van der Waals surface area contributed by atoms with Crippen LogP contribution in [0.3, 0.4) is 0 Å². The summed E-state index contributed by atoms with van der Waals surface area (Å²) in [5, 5.41) is 2.06. The van der Waals surface area contributed by atoms with Gasteiger partial charge in [-0.25, -0.2) is 15.0 Å². The van der Waals surface area contributed by atoms with Crippen LogP contribution in [0.4, 0.5) is 11.6 Å². The van der Waals surface area contributed by atoms with Crippen molar-refractivity contribution in [3.05, 3.63) is 64.9 Å². The summed E-state index contributed by atoms with van der Waals surface area (Å²) < 4.78 is 1.03. The predicted molar refractivity (Wildman–Crippen MR) is 121 cm³/mol. The number of piperazine rings is 1. The fraction of sp³-hybridized carbons (Fsp3) is 0.227. The van der Waals surface area contributed by atoms with Gasteiger partial charge in [0.1, 0.15) is 17.5 Å². The van der Waals surface area contributed by atoms with Crippen LogP contribution in [0.2, 0.25) is 0 Å². The lowest BCUT2D eigenvalue weighted by molar-refractivity contribution is 0.244. The summed E-state index contributed by atoms with van der Waals surface area (Å²) in [6.07, 6.45) is 0. The molecule has 0 atom stereocenters. The van der Waals surface area contributed by atoms with E-state index < -0.39 is 0 Å². The molecule has 1 aliphatic rings. The highest BCUT2D eigenvalue weighted by Crippen LogP contribution is 2.25. The fourth-order valence-corrected chi connectivity index (χ4v) is 4.30. The molecule has 146 valence electrons. The zero-order valence-electron chi connectivity index (χ0n) is 15.9. The molecular formula is C22H21BrN6. The number of nitrogen functional groups attached to an aromatic ring is 1. The van der Waals surface area contributed by atoms with Gasteiger partial charge in [-0.1, -0.05) is 24.3 Å². The molecule has 0 bridgehead atoms. The highest BCUT2D eigenvalue weighted by molar-refractivity contribution is 9.10. The molecule has 1 aliphatic heterocycles. The number of anilines is 2. The van der Waals surface area contributed by atoms with Crippen molar-refractivity contribution < 1.29 is 0 Å². The number of aromatic nitrogens is 3. The van der Waals surface area contributed by atoms with E-state index in [9.17, 15) is 0 Å². The second kappa shape index (κ2) is 7.57. The van der Waals surface area contributed by atoms with Crippen LogP contribution in [0.1, 0.15) is 5.82 Å². The number of fused-ring (bicyclic) bond motifs is 2. The topological polar surface area (TPSA) is 71.2 Å². The highest BCUT2D eigenvalue weighted by atomic mass is 79.9. The van der Waals surface area contributed by atoms with Crippen LogP contribution in [-0.4, -0.2) is 46.0 Å². The first-order valence-electron chi connectivity index (χ1n) is 9.71. The molecule has 2 N–H and O–H groups in total. The summed E-state index contributed by atoms with van der Waals surface area (Å²) in [5.74, 6) is 2.35. The second-order valence-electron chi connectivity index (χ2n) is 7.29. The summed E-state index contributed by atoms with van der Waals surface area (Å²) in [4.78, 5) is 18.8. The van der Waals surface area contributed by atoms with Gasteiger partial charge in [-0.3, -0.25) is 4.90 Å². The van der Waals surface area contributed by atoms with Gasteiger partial charge in [0, 0.05) is 41.4 Å². The monoisotopic (exact) mass is 448 g/mol. The van der Waals surface area contributed by atoms with Crippen LogP contribution in [0.5, 0.6) is 0 Å². The van der Waals surface area contributed by atoms with E-state index in [0.717, 1.165) is 64.1 Å². The number of hydrogen-bond donors (Lipinski definition) is 1. The molecule has 1 saturated heterocycles. The summed E-state index contributed by atoms with van der Waals surface area (Å²) in [5.41, 5.74) is 8.04. The number of hydrogen-bond acceptors (Lipinski definition) is 6. The SMILES string of the molecule is Nc1nc(CN2CCN(c3ccc4cccc(Br)c4n3)CC2)nc2ccccc12. The Kier molecular flexibility index (Phi) is 4.77. The van der Waals surface area contributed by atoms with Crippen molar-refractivity contribution >= 4 is 49.4 Å². The van der Waals surface area contributed by atoms with Crippen LogP contribution in [-0.2, 0) is 6.54 Å². The first-order valence-corrected chi connectivity index (χ1v) is 10.5. The van der Waals surface area contributed by atoms with Gasteiger partial charge >= 0.3 is 0 Å². The minimum Gasteiger partial charge on any atom is -0.383 e. The summed E-state index contributed by atoms with van der Waals surface area (Å²) in [6.45, 7) is 4.43. The second-order valence-corrected chi connectivity index (χ2v) is 8.14. The van der Waals surface area contributed by atoms with Crippen LogP contribution in [0.15, 0.2) is 59.1 Å². The maximum absolute atomic E-state index is 6.13. The number of para-hydroxylation sites is 2. The Labute approximate surface area is 177 Å². The van der Waals surface area contributed by atoms with Gasteiger partial charge in [0.15, 0.2) is 0 Å². The summed E-state index contributed by atoms with van der Waals surface area (Å²) in [7, 11) is 0. The van der Waals surface area contributed by atoms with Crippen molar-refractivity contribution in [3.8, 4) is 0 Å². The molecule has 0 aliphatic carbocycles.